The molecule has 24 heavy (non-hydrogen) atoms. The first-order chi connectivity index (χ1) is 11.5. The minimum absolute atomic E-state index is 0.0289. The van der Waals surface area contributed by atoms with Crippen LogP contribution in [0.4, 0.5) is 4.79 Å². The van der Waals surface area contributed by atoms with Crippen molar-refractivity contribution in [2.75, 3.05) is 0 Å². The Bertz CT molecular complexity index is 691. The molecular weight excluding hydrogens is 300 g/mol. The van der Waals surface area contributed by atoms with Gasteiger partial charge >= 0.3 is 6.03 Å². The van der Waals surface area contributed by atoms with E-state index < -0.39 is 0 Å². The Labute approximate surface area is 143 Å². The van der Waals surface area contributed by atoms with Crippen molar-refractivity contribution in [1.82, 2.24) is 20.2 Å². The van der Waals surface area contributed by atoms with Gasteiger partial charge < -0.3 is 15.2 Å². The minimum Gasteiger partial charge on any atom is -0.335 e. The van der Waals surface area contributed by atoms with Gasteiger partial charge in [0, 0.05) is 19.2 Å². The number of amides is 2. The molecule has 1 aromatic carbocycles. The molecule has 1 aromatic heterocycles. The normalized spacial score (nSPS) is 14.8. The molecule has 1 atom stereocenters. The number of imidazole rings is 1. The number of carbonyl (C=O) groups excluding carboxylic acids is 1. The number of benzene rings is 1. The van der Waals surface area contributed by atoms with E-state index in [1.54, 1.807) is 0 Å². The van der Waals surface area contributed by atoms with E-state index >= 15 is 0 Å². The van der Waals surface area contributed by atoms with Gasteiger partial charge in [-0.15, -0.1) is 0 Å². The lowest BCUT2D eigenvalue weighted by Gasteiger charge is -2.16. The van der Waals surface area contributed by atoms with Gasteiger partial charge in [0.1, 0.15) is 5.82 Å². The first kappa shape index (κ1) is 16.6. The molecule has 0 saturated heterocycles. The lowest BCUT2D eigenvalue weighted by Crippen LogP contribution is -2.36. The smallest absolute Gasteiger partial charge is 0.315 e. The molecule has 0 aliphatic carbocycles. The third kappa shape index (κ3) is 3.96. The van der Waals surface area contributed by atoms with Gasteiger partial charge in [-0.2, -0.15) is 0 Å². The largest absolute Gasteiger partial charge is 0.335 e. The maximum absolute atomic E-state index is 12.2. The van der Waals surface area contributed by atoms with E-state index in [2.05, 4.69) is 58.4 Å². The van der Waals surface area contributed by atoms with Crippen molar-refractivity contribution in [3.8, 4) is 0 Å². The molecule has 1 aliphatic heterocycles. The number of nitrogens with one attached hydrogen (secondary N) is 2. The zero-order valence-corrected chi connectivity index (χ0v) is 14.7. The van der Waals surface area contributed by atoms with Crippen LogP contribution in [0.3, 0.4) is 0 Å². The molecule has 1 aliphatic rings. The SMILES string of the molecule is Cc1cc(C)cc(C(C)NC(=O)NCc2cn3c(n2)CCCC3)c1. The maximum Gasteiger partial charge on any atom is 0.315 e. The molecule has 3 rings (SSSR count). The van der Waals surface area contributed by atoms with Gasteiger partial charge in [0.15, 0.2) is 0 Å². The number of aromatic nitrogens is 2. The topological polar surface area (TPSA) is 59.0 Å². The number of fused-ring (bicyclic) bond motifs is 1. The monoisotopic (exact) mass is 326 g/mol. The predicted octanol–water partition coefficient (Wildman–Crippen LogP) is 3.40. The average molecular weight is 326 g/mol. The average Bonchev–Trinajstić information content (AvgIpc) is 2.95. The van der Waals surface area contributed by atoms with Crippen LogP contribution in [0.5, 0.6) is 0 Å². The summed E-state index contributed by atoms with van der Waals surface area (Å²) in [5.41, 5.74) is 4.48. The molecule has 0 saturated carbocycles. The van der Waals surface area contributed by atoms with Gasteiger partial charge in [-0.25, -0.2) is 9.78 Å². The van der Waals surface area contributed by atoms with Crippen molar-refractivity contribution in [2.45, 2.75) is 59.2 Å². The molecular formula is C19H26N4O. The Morgan fingerprint density at radius 1 is 1.25 bits per heavy atom. The highest BCUT2D eigenvalue weighted by atomic mass is 16.2. The molecule has 2 amide bonds. The molecule has 5 heteroatoms. The number of aryl methyl sites for hydroxylation is 4. The van der Waals surface area contributed by atoms with E-state index in [4.69, 9.17) is 0 Å². The second-order valence-corrected chi connectivity index (χ2v) is 6.77. The number of carbonyl (C=O) groups is 1. The zero-order valence-electron chi connectivity index (χ0n) is 14.7. The lowest BCUT2D eigenvalue weighted by molar-refractivity contribution is 0.237. The van der Waals surface area contributed by atoms with Crippen molar-refractivity contribution in [3.05, 3.63) is 52.6 Å². The van der Waals surface area contributed by atoms with Crippen LogP contribution in [0.15, 0.2) is 24.4 Å². The van der Waals surface area contributed by atoms with Crippen LogP contribution in [0.1, 0.15) is 54.0 Å². The van der Waals surface area contributed by atoms with Crippen LogP contribution >= 0.6 is 0 Å². The molecule has 0 radical (unpaired) electrons. The fraction of sp³-hybridized carbons (Fsp3) is 0.474. The molecule has 2 heterocycles. The summed E-state index contributed by atoms with van der Waals surface area (Å²) in [6.07, 6.45) is 5.51. The third-order valence-corrected chi connectivity index (χ3v) is 4.48. The van der Waals surface area contributed by atoms with E-state index in [9.17, 15) is 4.79 Å². The van der Waals surface area contributed by atoms with E-state index in [-0.39, 0.29) is 12.1 Å². The summed E-state index contributed by atoms with van der Waals surface area (Å²) in [5, 5.41) is 5.91. The summed E-state index contributed by atoms with van der Waals surface area (Å²) in [7, 11) is 0. The first-order valence-electron chi connectivity index (χ1n) is 8.69. The first-order valence-corrected chi connectivity index (χ1v) is 8.69. The predicted molar refractivity (Wildman–Crippen MR) is 94.9 cm³/mol. The standard InChI is InChI=1S/C19H26N4O/c1-13-8-14(2)10-16(9-13)15(3)21-19(24)20-11-17-12-23-7-5-4-6-18(23)22-17/h8-10,12,15H,4-7,11H2,1-3H3,(H2,20,21,24). The summed E-state index contributed by atoms with van der Waals surface area (Å²) in [6, 6.07) is 6.17. The second-order valence-electron chi connectivity index (χ2n) is 6.77. The van der Waals surface area contributed by atoms with Crippen LogP contribution in [0.25, 0.3) is 0 Å². The van der Waals surface area contributed by atoms with Crippen LogP contribution in [-0.4, -0.2) is 15.6 Å². The molecule has 0 fully saturated rings. The Morgan fingerprint density at radius 3 is 2.71 bits per heavy atom. The third-order valence-electron chi connectivity index (χ3n) is 4.48. The molecule has 1 unspecified atom stereocenters. The zero-order chi connectivity index (χ0) is 17.1. The van der Waals surface area contributed by atoms with Crippen molar-refractivity contribution in [1.29, 1.82) is 0 Å². The highest BCUT2D eigenvalue weighted by molar-refractivity contribution is 5.74. The van der Waals surface area contributed by atoms with E-state index in [1.165, 1.54) is 24.0 Å². The Kier molecular flexibility index (Phi) is 4.88. The summed E-state index contributed by atoms with van der Waals surface area (Å²) in [6.45, 7) is 7.65. The van der Waals surface area contributed by atoms with Gasteiger partial charge in [0.2, 0.25) is 0 Å². The van der Waals surface area contributed by atoms with E-state index in [0.717, 1.165) is 30.0 Å². The van der Waals surface area contributed by atoms with Crippen LogP contribution in [0, 0.1) is 13.8 Å². The molecule has 128 valence electrons. The summed E-state index contributed by atoms with van der Waals surface area (Å²) in [4.78, 5) is 16.8. The minimum atomic E-state index is -0.160. The van der Waals surface area contributed by atoms with Crippen molar-refractivity contribution in [2.24, 2.45) is 0 Å². The van der Waals surface area contributed by atoms with Gasteiger partial charge in [-0.3, -0.25) is 0 Å². The fourth-order valence-electron chi connectivity index (χ4n) is 3.32. The number of nitrogens with zero attached hydrogens (tertiary/aromatic N) is 2. The van der Waals surface area contributed by atoms with E-state index in [1.807, 2.05) is 6.92 Å². The van der Waals surface area contributed by atoms with Crippen LogP contribution in [-0.2, 0) is 19.5 Å². The second kappa shape index (κ2) is 7.07. The van der Waals surface area contributed by atoms with Crippen LogP contribution in [0.2, 0.25) is 0 Å². The number of hydrogen-bond donors (Lipinski definition) is 2. The summed E-state index contributed by atoms with van der Waals surface area (Å²) < 4.78 is 2.20. The van der Waals surface area contributed by atoms with Crippen molar-refractivity contribution < 1.29 is 4.79 Å². The van der Waals surface area contributed by atoms with E-state index in [0.29, 0.717) is 6.54 Å². The number of rotatable bonds is 4. The summed E-state index contributed by atoms with van der Waals surface area (Å²) in [5.74, 6) is 1.14. The van der Waals surface area contributed by atoms with Gasteiger partial charge in [0.05, 0.1) is 18.3 Å². The fourth-order valence-corrected chi connectivity index (χ4v) is 3.32. The lowest BCUT2D eigenvalue weighted by atomic mass is 10.0. The summed E-state index contributed by atoms with van der Waals surface area (Å²) >= 11 is 0. The Morgan fingerprint density at radius 2 is 2.00 bits per heavy atom. The van der Waals surface area contributed by atoms with Gasteiger partial charge in [-0.1, -0.05) is 29.3 Å². The quantitative estimate of drug-likeness (QED) is 0.905. The molecule has 0 bridgehead atoms. The maximum atomic E-state index is 12.2. The van der Waals surface area contributed by atoms with Gasteiger partial charge in [-0.05, 0) is 39.2 Å². The highest BCUT2D eigenvalue weighted by Crippen LogP contribution is 2.17. The highest BCUT2D eigenvalue weighted by Gasteiger charge is 2.14. The molecule has 5 nitrogen and oxygen atoms in total. The van der Waals surface area contributed by atoms with Crippen molar-refractivity contribution in [3.63, 3.8) is 0 Å². The molecule has 2 aromatic rings. The van der Waals surface area contributed by atoms with Crippen LogP contribution < -0.4 is 10.6 Å². The molecule has 2 N–H and O–H groups in total. The Balaban J connectivity index is 1.54. The Hall–Kier alpha value is -2.30. The van der Waals surface area contributed by atoms with Gasteiger partial charge in [0.25, 0.3) is 0 Å². The number of urea groups is 1. The number of hydrogen-bond acceptors (Lipinski definition) is 2. The van der Waals surface area contributed by atoms with Crippen molar-refractivity contribution >= 4 is 6.03 Å². The molecule has 0 spiro atoms.